The second kappa shape index (κ2) is 7.33. The Balaban J connectivity index is 1.61. The van der Waals surface area contributed by atoms with Gasteiger partial charge in [0.15, 0.2) is 4.32 Å². The van der Waals surface area contributed by atoms with Gasteiger partial charge in [-0.15, -0.1) is 0 Å². The van der Waals surface area contributed by atoms with E-state index in [0.717, 1.165) is 17.7 Å². The second-order valence-corrected chi connectivity index (χ2v) is 7.85. The lowest BCUT2D eigenvalue weighted by atomic mass is 10.1. The molecule has 1 aliphatic heterocycles. The zero-order valence-corrected chi connectivity index (χ0v) is 16.2. The molecule has 2 aromatic carbocycles. The molecule has 0 saturated carbocycles. The molecule has 1 aromatic heterocycles. The van der Waals surface area contributed by atoms with Crippen LogP contribution in [0.15, 0.2) is 63.9 Å². The maximum absolute atomic E-state index is 13.9. The van der Waals surface area contributed by atoms with Crippen molar-refractivity contribution < 1.29 is 18.0 Å². The number of aryl methyl sites for hydroxylation is 1. The van der Waals surface area contributed by atoms with Gasteiger partial charge in [0.2, 0.25) is 0 Å². The number of thioether (sulfide) groups is 1. The van der Waals surface area contributed by atoms with Crippen LogP contribution >= 0.6 is 24.0 Å². The maximum Gasteiger partial charge on any atom is 0.270 e. The van der Waals surface area contributed by atoms with Crippen molar-refractivity contribution in [3.05, 3.63) is 82.5 Å². The molecular formula is C21H13F2NO2S2. The fourth-order valence-corrected chi connectivity index (χ4v) is 4.06. The van der Waals surface area contributed by atoms with E-state index >= 15 is 0 Å². The van der Waals surface area contributed by atoms with E-state index in [4.69, 9.17) is 16.6 Å². The average Bonchev–Trinajstić information content (AvgIpc) is 3.21. The lowest BCUT2D eigenvalue weighted by molar-refractivity contribution is -0.113. The van der Waals surface area contributed by atoms with E-state index < -0.39 is 11.6 Å². The summed E-state index contributed by atoms with van der Waals surface area (Å²) < 4.78 is 33.1. The highest BCUT2D eigenvalue weighted by atomic mass is 32.2. The smallest absolute Gasteiger partial charge is 0.270 e. The minimum Gasteiger partial charge on any atom is -0.457 e. The van der Waals surface area contributed by atoms with Crippen molar-refractivity contribution in [2.45, 2.75) is 6.92 Å². The van der Waals surface area contributed by atoms with Crippen molar-refractivity contribution in [2.75, 3.05) is 4.90 Å². The summed E-state index contributed by atoms with van der Waals surface area (Å²) in [6, 6.07) is 14.0. The normalized spacial score (nSPS) is 15.7. The SMILES string of the molecule is Cc1ccc(N2C(=O)/C(=C/c3ccc(-c4ccc(F)cc4F)o3)SC2=S)cc1. The number of thiocarbonyl (C=S) groups is 1. The van der Waals surface area contributed by atoms with Crippen molar-refractivity contribution in [2.24, 2.45) is 0 Å². The van der Waals surface area contributed by atoms with E-state index in [2.05, 4.69) is 0 Å². The molecule has 0 spiro atoms. The van der Waals surface area contributed by atoms with Crippen LogP contribution in [0.25, 0.3) is 17.4 Å². The third kappa shape index (κ3) is 3.50. The molecule has 1 saturated heterocycles. The molecular weight excluding hydrogens is 400 g/mol. The predicted molar refractivity (Wildman–Crippen MR) is 111 cm³/mol. The first kappa shape index (κ1) is 18.6. The van der Waals surface area contributed by atoms with E-state index in [9.17, 15) is 13.6 Å². The van der Waals surface area contributed by atoms with Crippen molar-refractivity contribution >= 4 is 46.0 Å². The van der Waals surface area contributed by atoms with E-state index in [0.29, 0.717) is 20.7 Å². The Morgan fingerprint density at radius 2 is 1.82 bits per heavy atom. The summed E-state index contributed by atoms with van der Waals surface area (Å²) in [4.78, 5) is 14.7. The van der Waals surface area contributed by atoms with Crippen molar-refractivity contribution in [1.29, 1.82) is 0 Å². The zero-order chi connectivity index (χ0) is 19.8. The Morgan fingerprint density at radius 1 is 1.07 bits per heavy atom. The van der Waals surface area contributed by atoms with Crippen LogP contribution < -0.4 is 4.90 Å². The van der Waals surface area contributed by atoms with Crippen LogP contribution in [-0.4, -0.2) is 10.2 Å². The molecule has 2 heterocycles. The quantitative estimate of drug-likeness (QED) is 0.393. The maximum atomic E-state index is 13.9. The van der Waals surface area contributed by atoms with E-state index in [1.54, 1.807) is 18.2 Å². The molecule has 0 bridgehead atoms. The second-order valence-electron chi connectivity index (χ2n) is 6.18. The Kier molecular flexibility index (Phi) is 4.87. The number of anilines is 1. The molecule has 1 aliphatic rings. The van der Waals surface area contributed by atoms with Gasteiger partial charge in [-0.1, -0.05) is 41.7 Å². The number of hydrogen-bond donors (Lipinski definition) is 0. The van der Waals surface area contributed by atoms with Gasteiger partial charge in [0, 0.05) is 12.1 Å². The van der Waals surface area contributed by atoms with Crippen LogP contribution in [0.4, 0.5) is 14.5 Å². The number of rotatable bonds is 3. The molecule has 4 rings (SSSR count). The lowest BCUT2D eigenvalue weighted by Crippen LogP contribution is -2.27. The standard InChI is InChI=1S/C21H13F2NO2S2/c1-12-2-5-14(6-3-12)24-20(25)19(28-21(24)27)11-15-7-9-18(26-15)16-8-4-13(22)10-17(16)23/h2-11H,1H3/b19-11-. The number of carbonyl (C=O) groups excluding carboxylic acids is 1. The Labute approximate surface area is 169 Å². The topological polar surface area (TPSA) is 33.5 Å². The summed E-state index contributed by atoms with van der Waals surface area (Å²) in [7, 11) is 0. The van der Waals surface area contributed by atoms with Crippen molar-refractivity contribution in [1.82, 2.24) is 0 Å². The fraction of sp³-hybridized carbons (Fsp3) is 0.0476. The van der Waals surface area contributed by atoms with Crippen LogP contribution in [0.3, 0.4) is 0 Å². The third-order valence-corrected chi connectivity index (χ3v) is 5.48. The van der Waals surface area contributed by atoms with Gasteiger partial charge in [0.05, 0.1) is 16.2 Å². The summed E-state index contributed by atoms with van der Waals surface area (Å²) in [5, 5.41) is 0. The van der Waals surface area contributed by atoms with Crippen molar-refractivity contribution in [3.8, 4) is 11.3 Å². The zero-order valence-electron chi connectivity index (χ0n) is 14.6. The van der Waals surface area contributed by atoms with Gasteiger partial charge in [0.1, 0.15) is 23.2 Å². The molecule has 140 valence electrons. The summed E-state index contributed by atoms with van der Waals surface area (Å²) in [6.07, 6.45) is 1.57. The number of halogens is 2. The first-order chi connectivity index (χ1) is 13.4. The van der Waals surface area contributed by atoms with Crippen LogP contribution in [0.5, 0.6) is 0 Å². The van der Waals surface area contributed by atoms with Gasteiger partial charge in [-0.3, -0.25) is 9.69 Å². The highest BCUT2D eigenvalue weighted by Gasteiger charge is 2.33. The minimum atomic E-state index is -0.716. The molecule has 0 radical (unpaired) electrons. The Hall–Kier alpha value is -2.77. The van der Waals surface area contributed by atoms with Gasteiger partial charge < -0.3 is 4.42 Å². The van der Waals surface area contributed by atoms with Crippen LogP contribution in [0, 0.1) is 18.6 Å². The first-order valence-electron chi connectivity index (χ1n) is 8.32. The monoisotopic (exact) mass is 413 g/mol. The van der Waals surface area contributed by atoms with Gasteiger partial charge in [-0.05, 0) is 43.3 Å². The average molecular weight is 413 g/mol. The van der Waals surface area contributed by atoms with Crippen LogP contribution in [0.2, 0.25) is 0 Å². The summed E-state index contributed by atoms with van der Waals surface area (Å²) >= 11 is 6.52. The molecule has 1 fully saturated rings. The summed E-state index contributed by atoms with van der Waals surface area (Å²) in [5.41, 5.74) is 1.93. The van der Waals surface area contributed by atoms with E-state index in [1.165, 1.54) is 22.7 Å². The molecule has 7 heteroatoms. The molecule has 1 amide bonds. The number of hydrogen-bond acceptors (Lipinski definition) is 4. The van der Waals surface area contributed by atoms with Gasteiger partial charge in [-0.2, -0.15) is 0 Å². The number of benzene rings is 2. The minimum absolute atomic E-state index is 0.147. The molecule has 28 heavy (non-hydrogen) atoms. The fourth-order valence-electron chi connectivity index (χ4n) is 2.78. The third-order valence-electron chi connectivity index (χ3n) is 4.18. The molecule has 3 aromatic rings. The lowest BCUT2D eigenvalue weighted by Gasteiger charge is -2.14. The molecule has 0 aliphatic carbocycles. The van der Waals surface area contributed by atoms with Gasteiger partial charge in [-0.25, -0.2) is 8.78 Å². The van der Waals surface area contributed by atoms with E-state index in [-0.39, 0.29) is 17.2 Å². The van der Waals surface area contributed by atoms with Gasteiger partial charge >= 0.3 is 0 Å². The Bertz CT molecular complexity index is 1120. The molecule has 0 unspecified atom stereocenters. The number of amides is 1. The summed E-state index contributed by atoms with van der Waals surface area (Å²) in [5.74, 6) is -0.995. The molecule has 0 N–H and O–H groups in total. The van der Waals surface area contributed by atoms with Gasteiger partial charge in [0.25, 0.3) is 5.91 Å². The highest BCUT2D eigenvalue weighted by Crippen LogP contribution is 2.36. The van der Waals surface area contributed by atoms with Crippen LogP contribution in [-0.2, 0) is 4.79 Å². The molecule has 0 atom stereocenters. The molecule has 3 nitrogen and oxygen atoms in total. The highest BCUT2D eigenvalue weighted by molar-refractivity contribution is 8.27. The predicted octanol–water partition coefficient (Wildman–Crippen LogP) is 5.94. The number of carbonyl (C=O) groups is 1. The summed E-state index contributed by atoms with van der Waals surface area (Å²) in [6.45, 7) is 1.96. The Morgan fingerprint density at radius 3 is 2.54 bits per heavy atom. The number of nitrogens with zero attached hydrogens (tertiary/aromatic N) is 1. The number of furan rings is 1. The van der Waals surface area contributed by atoms with E-state index in [1.807, 2.05) is 31.2 Å². The first-order valence-corrected chi connectivity index (χ1v) is 9.55. The van der Waals surface area contributed by atoms with Crippen molar-refractivity contribution in [3.63, 3.8) is 0 Å². The largest absolute Gasteiger partial charge is 0.457 e. The van der Waals surface area contributed by atoms with Crippen LogP contribution in [0.1, 0.15) is 11.3 Å².